The van der Waals surface area contributed by atoms with Crippen LogP contribution in [0.3, 0.4) is 0 Å². The van der Waals surface area contributed by atoms with Gasteiger partial charge in [-0.1, -0.05) is 13.8 Å². The smallest absolute Gasteiger partial charge is 0.126 e. The SMILES string of the molecule is CNC(c1cc(F)cc(F)c1)C1CSC(C)C(C)S1. The van der Waals surface area contributed by atoms with Crippen LogP contribution in [0.5, 0.6) is 0 Å². The van der Waals surface area contributed by atoms with E-state index in [1.165, 1.54) is 12.1 Å². The summed E-state index contributed by atoms with van der Waals surface area (Å²) in [6, 6.07) is 3.76. The fourth-order valence-electron chi connectivity index (χ4n) is 2.30. The highest BCUT2D eigenvalue weighted by molar-refractivity contribution is 8.07. The van der Waals surface area contributed by atoms with Crippen LogP contribution in [0.4, 0.5) is 8.78 Å². The largest absolute Gasteiger partial charge is 0.312 e. The van der Waals surface area contributed by atoms with Crippen molar-refractivity contribution in [3.63, 3.8) is 0 Å². The molecule has 0 aliphatic carbocycles. The molecule has 4 atom stereocenters. The van der Waals surface area contributed by atoms with E-state index in [1.807, 2.05) is 30.6 Å². The molecule has 19 heavy (non-hydrogen) atoms. The van der Waals surface area contributed by atoms with Gasteiger partial charge in [0.2, 0.25) is 0 Å². The highest BCUT2D eigenvalue weighted by Gasteiger charge is 2.31. The van der Waals surface area contributed by atoms with Crippen LogP contribution >= 0.6 is 23.5 Å². The van der Waals surface area contributed by atoms with E-state index in [0.717, 1.165) is 11.8 Å². The first-order valence-corrected chi connectivity index (χ1v) is 8.40. The molecule has 1 nitrogen and oxygen atoms in total. The standard InChI is InChI=1S/C14H19F2NS2/c1-8-9(2)19-13(7-18-8)14(17-3)10-4-11(15)6-12(16)5-10/h4-6,8-9,13-14,17H,7H2,1-3H3. The van der Waals surface area contributed by atoms with E-state index in [1.54, 1.807) is 0 Å². The number of nitrogens with one attached hydrogen (secondary N) is 1. The van der Waals surface area contributed by atoms with Gasteiger partial charge in [0.25, 0.3) is 0 Å². The average Bonchev–Trinajstić information content (AvgIpc) is 2.33. The second-order valence-electron chi connectivity index (χ2n) is 4.89. The quantitative estimate of drug-likeness (QED) is 0.911. The molecule has 1 aromatic rings. The third-order valence-corrected chi connectivity index (χ3v) is 7.00. The van der Waals surface area contributed by atoms with Gasteiger partial charge in [0.15, 0.2) is 0 Å². The molecule has 0 aromatic heterocycles. The Morgan fingerprint density at radius 3 is 2.32 bits per heavy atom. The van der Waals surface area contributed by atoms with Crippen molar-refractivity contribution in [2.45, 2.75) is 35.6 Å². The molecular formula is C14H19F2NS2. The maximum Gasteiger partial charge on any atom is 0.126 e. The molecule has 1 aliphatic rings. The van der Waals surface area contributed by atoms with Crippen LogP contribution in [0.25, 0.3) is 0 Å². The summed E-state index contributed by atoms with van der Waals surface area (Å²) in [5, 5.41) is 4.73. The summed E-state index contributed by atoms with van der Waals surface area (Å²) in [6.45, 7) is 4.45. The van der Waals surface area contributed by atoms with Crippen molar-refractivity contribution in [2.24, 2.45) is 0 Å². The minimum atomic E-state index is -0.509. The second kappa shape index (κ2) is 6.46. The van der Waals surface area contributed by atoms with Gasteiger partial charge in [0, 0.05) is 33.6 Å². The summed E-state index contributed by atoms with van der Waals surface area (Å²) in [6.07, 6.45) is 0. The minimum Gasteiger partial charge on any atom is -0.312 e. The number of hydrogen-bond donors (Lipinski definition) is 1. The van der Waals surface area contributed by atoms with Crippen LogP contribution in [-0.4, -0.2) is 28.6 Å². The van der Waals surface area contributed by atoms with Crippen molar-refractivity contribution in [2.75, 3.05) is 12.8 Å². The van der Waals surface area contributed by atoms with E-state index in [9.17, 15) is 8.78 Å². The topological polar surface area (TPSA) is 12.0 Å². The Bertz CT molecular complexity index is 421. The molecule has 1 heterocycles. The molecule has 0 amide bonds. The first-order valence-electron chi connectivity index (χ1n) is 6.41. The molecule has 1 aromatic carbocycles. The van der Waals surface area contributed by atoms with Crippen LogP contribution in [0.15, 0.2) is 18.2 Å². The lowest BCUT2D eigenvalue weighted by Crippen LogP contribution is -2.35. The first-order chi connectivity index (χ1) is 9.01. The zero-order chi connectivity index (χ0) is 14.0. The van der Waals surface area contributed by atoms with E-state index in [2.05, 4.69) is 19.2 Å². The summed E-state index contributed by atoms with van der Waals surface area (Å²) >= 11 is 3.84. The summed E-state index contributed by atoms with van der Waals surface area (Å²) < 4.78 is 26.7. The van der Waals surface area contributed by atoms with Crippen molar-refractivity contribution in [1.29, 1.82) is 0 Å². The molecule has 106 valence electrons. The number of benzene rings is 1. The molecule has 2 rings (SSSR count). The summed E-state index contributed by atoms with van der Waals surface area (Å²) in [5.74, 6) is -0.0185. The summed E-state index contributed by atoms with van der Waals surface area (Å²) in [5.41, 5.74) is 0.694. The van der Waals surface area contributed by atoms with Crippen LogP contribution in [0.2, 0.25) is 0 Å². The van der Waals surface area contributed by atoms with Crippen LogP contribution < -0.4 is 5.32 Å². The molecule has 5 heteroatoms. The first kappa shape index (κ1) is 15.1. The number of halogens is 2. The van der Waals surface area contributed by atoms with E-state index in [0.29, 0.717) is 21.3 Å². The van der Waals surface area contributed by atoms with Crippen LogP contribution in [-0.2, 0) is 0 Å². The monoisotopic (exact) mass is 303 g/mol. The van der Waals surface area contributed by atoms with Crippen LogP contribution in [0.1, 0.15) is 25.5 Å². The van der Waals surface area contributed by atoms with E-state index in [4.69, 9.17) is 0 Å². The fourth-order valence-corrected chi connectivity index (χ4v) is 5.46. The Balaban J connectivity index is 2.19. The van der Waals surface area contributed by atoms with Crippen molar-refractivity contribution >= 4 is 23.5 Å². The van der Waals surface area contributed by atoms with Gasteiger partial charge in [-0.3, -0.25) is 0 Å². The van der Waals surface area contributed by atoms with E-state index >= 15 is 0 Å². The molecule has 0 saturated carbocycles. The predicted octanol–water partition coefficient (Wildman–Crippen LogP) is 3.85. The minimum absolute atomic E-state index is 0.0161. The van der Waals surface area contributed by atoms with Gasteiger partial charge >= 0.3 is 0 Å². The Morgan fingerprint density at radius 1 is 1.16 bits per heavy atom. The van der Waals surface area contributed by atoms with Gasteiger partial charge in [-0.05, 0) is 24.7 Å². The van der Waals surface area contributed by atoms with E-state index in [-0.39, 0.29) is 6.04 Å². The number of hydrogen-bond acceptors (Lipinski definition) is 3. The molecule has 0 spiro atoms. The van der Waals surface area contributed by atoms with Crippen molar-refractivity contribution in [1.82, 2.24) is 5.32 Å². The number of thioether (sulfide) groups is 2. The fraction of sp³-hybridized carbons (Fsp3) is 0.571. The van der Waals surface area contributed by atoms with Crippen molar-refractivity contribution in [3.8, 4) is 0 Å². The molecule has 0 bridgehead atoms. The van der Waals surface area contributed by atoms with Crippen molar-refractivity contribution < 1.29 is 8.78 Å². The average molecular weight is 303 g/mol. The maximum atomic E-state index is 13.4. The number of rotatable bonds is 3. The Morgan fingerprint density at radius 2 is 1.79 bits per heavy atom. The van der Waals surface area contributed by atoms with Gasteiger partial charge in [-0.2, -0.15) is 23.5 Å². The lowest BCUT2D eigenvalue weighted by atomic mass is 10.0. The van der Waals surface area contributed by atoms with Crippen molar-refractivity contribution in [3.05, 3.63) is 35.4 Å². The predicted molar refractivity (Wildman–Crippen MR) is 80.9 cm³/mol. The van der Waals surface area contributed by atoms with Crippen LogP contribution in [0, 0.1) is 11.6 Å². The maximum absolute atomic E-state index is 13.4. The molecule has 1 fully saturated rings. The highest BCUT2D eigenvalue weighted by Crippen LogP contribution is 2.41. The summed E-state index contributed by atoms with van der Waals surface area (Å²) in [7, 11) is 1.85. The third kappa shape index (κ3) is 3.64. The van der Waals surface area contributed by atoms with Gasteiger partial charge in [0.05, 0.1) is 0 Å². The molecule has 1 aliphatic heterocycles. The Hall–Kier alpha value is -0.260. The zero-order valence-electron chi connectivity index (χ0n) is 11.3. The highest BCUT2D eigenvalue weighted by atomic mass is 32.2. The Kier molecular flexibility index (Phi) is 5.15. The molecule has 1 N–H and O–H groups in total. The van der Waals surface area contributed by atoms with Gasteiger partial charge in [-0.25, -0.2) is 8.78 Å². The van der Waals surface area contributed by atoms with E-state index < -0.39 is 11.6 Å². The molecule has 0 radical (unpaired) electrons. The molecule has 1 saturated heterocycles. The summed E-state index contributed by atoms with van der Waals surface area (Å²) in [4.78, 5) is 0. The Labute approximate surface area is 121 Å². The molecular weight excluding hydrogens is 284 g/mol. The zero-order valence-corrected chi connectivity index (χ0v) is 13.0. The lowest BCUT2D eigenvalue weighted by Gasteiger charge is -2.36. The molecule has 4 unspecified atom stereocenters. The second-order valence-corrected chi connectivity index (χ2v) is 7.92. The van der Waals surface area contributed by atoms with Gasteiger partial charge in [-0.15, -0.1) is 0 Å². The lowest BCUT2D eigenvalue weighted by molar-refractivity contribution is 0.550. The third-order valence-electron chi connectivity index (χ3n) is 3.50. The normalized spacial score (nSPS) is 29.2. The van der Waals surface area contributed by atoms with Gasteiger partial charge in [0.1, 0.15) is 11.6 Å². The van der Waals surface area contributed by atoms with Gasteiger partial charge < -0.3 is 5.32 Å².